The van der Waals surface area contributed by atoms with Crippen molar-refractivity contribution in [1.29, 1.82) is 0 Å². The van der Waals surface area contributed by atoms with Gasteiger partial charge in [0.25, 0.3) is 0 Å². The largest absolute Gasteiger partial charge is 0.314 e. The molecule has 1 N–H and O–H groups in total. The van der Waals surface area contributed by atoms with E-state index in [1.165, 1.54) is 38.5 Å². The molecule has 2 unspecified atom stereocenters. The van der Waals surface area contributed by atoms with Crippen LogP contribution in [0.1, 0.15) is 58.8 Å². The van der Waals surface area contributed by atoms with Crippen molar-refractivity contribution in [1.82, 2.24) is 5.32 Å². The van der Waals surface area contributed by atoms with E-state index < -0.39 is 0 Å². The van der Waals surface area contributed by atoms with Gasteiger partial charge in [-0.15, -0.1) is 11.8 Å². The van der Waals surface area contributed by atoms with Crippen molar-refractivity contribution in [3.8, 4) is 11.8 Å². The van der Waals surface area contributed by atoms with Gasteiger partial charge in [0.2, 0.25) is 0 Å². The molecular formula is C14H25N. The Morgan fingerprint density at radius 2 is 2.00 bits per heavy atom. The molecule has 1 saturated carbocycles. The molecule has 1 nitrogen and oxygen atoms in total. The van der Waals surface area contributed by atoms with Gasteiger partial charge in [-0.2, -0.15) is 0 Å². The van der Waals surface area contributed by atoms with Crippen LogP contribution in [0.3, 0.4) is 0 Å². The fourth-order valence-electron chi connectivity index (χ4n) is 2.64. The van der Waals surface area contributed by atoms with E-state index in [9.17, 15) is 0 Å². The Kier molecular flexibility index (Phi) is 6.52. The lowest BCUT2D eigenvalue weighted by molar-refractivity contribution is 0.324. The molecule has 0 amide bonds. The first-order chi connectivity index (χ1) is 7.38. The van der Waals surface area contributed by atoms with Crippen molar-refractivity contribution in [3.63, 3.8) is 0 Å². The van der Waals surface area contributed by atoms with Gasteiger partial charge in [0.05, 0.1) is 0 Å². The highest BCUT2D eigenvalue weighted by Gasteiger charge is 2.21. The minimum absolute atomic E-state index is 0.760. The van der Waals surface area contributed by atoms with Crippen molar-refractivity contribution in [2.24, 2.45) is 5.92 Å². The lowest BCUT2D eigenvalue weighted by Crippen LogP contribution is -2.35. The van der Waals surface area contributed by atoms with Crippen LogP contribution in [0.25, 0.3) is 0 Å². The number of hydrogen-bond donors (Lipinski definition) is 1. The van der Waals surface area contributed by atoms with Gasteiger partial charge in [-0.1, -0.05) is 26.2 Å². The zero-order valence-electron chi connectivity index (χ0n) is 10.3. The highest BCUT2D eigenvalue weighted by Crippen LogP contribution is 2.26. The summed E-state index contributed by atoms with van der Waals surface area (Å²) in [6, 6.07) is 0.760. The molecule has 0 heterocycles. The molecule has 0 aliphatic heterocycles. The van der Waals surface area contributed by atoms with Gasteiger partial charge >= 0.3 is 0 Å². The zero-order valence-corrected chi connectivity index (χ0v) is 10.3. The molecule has 1 heteroatoms. The van der Waals surface area contributed by atoms with Crippen LogP contribution >= 0.6 is 0 Å². The third-order valence-electron chi connectivity index (χ3n) is 3.44. The normalized spacial score (nSPS) is 26.5. The predicted molar refractivity (Wildman–Crippen MR) is 66.7 cm³/mol. The van der Waals surface area contributed by atoms with Gasteiger partial charge < -0.3 is 5.32 Å². The van der Waals surface area contributed by atoms with E-state index in [0.717, 1.165) is 24.9 Å². The van der Waals surface area contributed by atoms with Crippen LogP contribution in [0.5, 0.6) is 0 Å². The maximum Gasteiger partial charge on any atom is 0.00955 e. The summed E-state index contributed by atoms with van der Waals surface area (Å²) in [4.78, 5) is 0. The van der Waals surface area contributed by atoms with E-state index in [1.807, 2.05) is 6.92 Å². The molecule has 0 aromatic rings. The fourth-order valence-corrected chi connectivity index (χ4v) is 2.64. The summed E-state index contributed by atoms with van der Waals surface area (Å²) in [5.41, 5.74) is 0. The topological polar surface area (TPSA) is 12.0 Å². The summed E-state index contributed by atoms with van der Waals surface area (Å²) in [6.45, 7) is 5.27. The van der Waals surface area contributed by atoms with Crippen molar-refractivity contribution < 1.29 is 0 Å². The van der Waals surface area contributed by atoms with Crippen molar-refractivity contribution in [2.45, 2.75) is 64.8 Å². The predicted octanol–water partition coefficient (Wildman–Crippen LogP) is 3.35. The van der Waals surface area contributed by atoms with Crippen LogP contribution < -0.4 is 5.32 Å². The van der Waals surface area contributed by atoms with E-state index in [0.29, 0.717) is 0 Å². The molecule has 0 radical (unpaired) electrons. The minimum atomic E-state index is 0.760. The first kappa shape index (κ1) is 12.6. The summed E-state index contributed by atoms with van der Waals surface area (Å²) in [5, 5.41) is 3.65. The molecule has 1 aliphatic rings. The van der Waals surface area contributed by atoms with Gasteiger partial charge in [0, 0.05) is 12.5 Å². The lowest BCUT2D eigenvalue weighted by Gasteiger charge is -2.25. The van der Waals surface area contributed by atoms with E-state index in [2.05, 4.69) is 24.1 Å². The van der Waals surface area contributed by atoms with Crippen LogP contribution in [0.2, 0.25) is 0 Å². The Hall–Kier alpha value is -0.480. The quantitative estimate of drug-likeness (QED) is 0.550. The molecule has 1 fully saturated rings. The molecule has 0 bridgehead atoms. The zero-order chi connectivity index (χ0) is 10.9. The molecule has 86 valence electrons. The summed E-state index contributed by atoms with van der Waals surface area (Å²) in [5.74, 6) is 7.07. The van der Waals surface area contributed by atoms with E-state index in [4.69, 9.17) is 0 Å². The standard InChI is InChI=1S/C14H25N/c1-3-5-7-10-13-11-8-6-9-12-14(13)15-4-2/h13-15H,4,6-12H2,1-2H3. The van der Waals surface area contributed by atoms with Gasteiger partial charge in [-0.05, 0) is 38.6 Å². The molecule has 1 aliphatic carbocycles. The molecule has 0 saturated heterocycles. The van der Waals surface area contributed by atoms with Crippen LogP contribution in [0, 0.1) is 17.8 Å². The summed E-state index contributed by atoms with van der Waals surface area (Å²) in [7, 11) is 0. The minimum Gasteiger partial charge on any atom is -0.314 e. The van der Waals surface area contributed by atoms with Gasteiger partial charge in [0.15, 0.2) is 0 Å². The molecule has 2 atom stereocenters. The Morgan fingerprint density at radius 3 is 2.73 bits per heavy atom. The third-order valence-corrected chi connectivity index (χ3v) is 3.44. The number of hydrogen-bond acceptors (Lipinski definition) is 1. The third kappa shape index (κ3) is 4.71. The summed E-state index contributed by atoms with van der Waals surface area (Å²) in [6.07, 6.45) is 9.42. The highest BCUT2D eigenvalue weighted by atomic mass is 14.9. The maximum atomic E-state index is 3.65. The van der Waals surface area contributed by atoms with Gasteiger partial charge in [0.1, 0.15) is 0 Å². The Morgan fingerprint density at radius 1 is 1.20 bits per heavy atom. The lowest BCUT2D eigenvalue weighted by atomic mass is 9.90. The average Bonchev–Trinajstić information content (AvgIpc) is 2.45. The second-order valence-electron chi connectivity index (χ2n) is 4.53. The molecule has 0 spiro atoms. The monoisotopic (exact) mass is 207 g/mol. The van der Waals surface area contributed by atoms with E-state index in [-0.39, 0.29) is 0 Å². The number of rotatable bonds is 4. The molecule has 15 heavy (non-hydrogen) atoms. The van der Waals surface area contributed by atoms with Crippen molar-refractivity contribution in [2.75, 3.05) is 6.54 Å². The van der Waals surface area contributed by atoms with Crippen LogP contribution in [0.15, 0.2) is 0 Å². The number of nitrogens with one attached hydrogen (secondary N) is 1. The maximum absolute atomic E-state index is 3.65. The SMILES string of the molecule is CC#CCCC1CCCCCC1NCC. The fraction of sp³-hybridized carbons (Fsp3) is 0.857. The van der Waals surface area contributed by atoms with E-state index >= 15 is 0 Å². The first-order valence-electron chi connectivity index (χ1n) is 6.51. The smallest absolute Gasteiger partial charge is 0.00955 e. The average molecular weight is 207 g/mol. The second kappa shape index (κ2) is 7.77. The molecule has 1 rings (SSSR count). The van der Waals surface area contributed by atoms with Crippen molar-refractivity contribution >= 4 is 0 Å². The molecular weight excluding hydrogens is 182 g/mol. The van der Waals surface area contributed by atoms with Crippen molar-refractivity contribution in [3.05, 3.63) is 0 Å². The molecule has 0 aromatic carbocycles. The Labute approximate surface area is 95.0 Å². The second-order valence-corrected chi connectivity index (χ2v) is 4.53. The summed E-state index contributed by atoms with van der Waals surface area (Å²) >= 11 is 0. The Balaban J connectivity index is 2.41. The van der Waals surface area contributed by atoms with Gasteiger partial charge in [-0.25, -0.2) is 0 Å². The van der Waals surface area contributed by atoms with Crippen LogP contribution in [-0.2, 0) is 0 Å². The highest BCUT2D eigenvalue weighted by molar-refractivity contribution is 4.95. The van der Waals surface area contributed by atoms with Gasteiger partial charge in [-0.3, -0.25) is 0 Å². The first-order valence-corrected chi connectivity index (χ1v) is 6.51. The van der Waals surface area contributed by atoms with Crippen LogP contribution in [0.4, 0.5) is 0 Å². The Bertz CT molecular complexity index is 211. The summed E-state index contributed by atoms with van der Waals surface area (Å²) < 4.78 is 0. The molecule has 0 aromatic heterocycles. The van der Waals surface area contributed by atoms with Crippen LogP contribution in [-0.4, -0.2) is 12.6 Å². The van der Waals surface area contributed by atoms with E-state index in [1.54, 1.807) is 0 Å².